The summed E-state index contributed by atoms with van der Waals surface area (Å²) in [6.07, 6.45) is 6.23. The summed E-state index contributed by atoms with van der Waals surface area (Å²) in [7, 11) is -3.30. The van der Waals surface area contributed by atoms with Crippen molar-refractivity contribution in [2.45, 2.75) is 42.9 Å². The van der Waals surface area contributed by atoms with E-state index in [2.05, 4.69) is 0 Å². The molecule has 0 amide bonds. The standard InChI is InChI=1S/C15H20O4S/c1-20(18,19)13-8-4-7-12(10-13)14(15(16)17)9-11-5-2-3-6-11/h4,7-8,10-11,14H,2-3,5-6,9H2,1H3,(H,16,17). The third-order valence-corrected chi connectivity index (χ3v) is 5.14. The molecule has 1 saturated carbocycles. The third-order valence-electron chi connectivity index (χ3n) is 4.03. The van der Waals surface area contributed by atoms with E-state index >= 15 is 0 Å². The fourth-order valence-corrected chi connectivity index (χ4v) is 3.60. The van der Waals surface area contributed by atoms with Crippen LogP contribution in [-0.4, -0.2) is 25.7 Å². The molecular weight excluding hydrogens is 276 g/mol. The summed E-state index contributed by atoms with van der Waals surface area (Å²) >= 11 is 0. The van der Waals surface area contributed by atoms with Crippen molar-refractivity contribution in [3.05, 3.63) is 29.8 Å². The van der Waals surface area contributed by atoms with Crippen LogP contribution in [0.5, 0.6) is 0 Å². The highest BCUT2D eigenvalue weighted by atomic mass is 32.2. The summed E-state index contributed by atoms with van der Waals surface area (Å²) in [5.41, 5.74) is 0.590. The van der Waals surface area contributed by atoms with Gasteiger partial charge in [0.1, 0.15) is 0 Å². The van der Waals surface area contributed by atoms with E-state index in [4.69, 9.17) is 0 Å². The molecule has 0 radical (unpaired) electrons. The van der Waals surface area contributed by atoms with Crippen molar-refractivity contribution in [3.63, 3.8) is 0 Å². The molecule has 1 aliphatic rings. The molecule has 0 spiro atoms. The second-order valence-electron chi connectivity index (χ2n) is 5.62. The van der Waals surface area contributed by atoms with Gasteiger partial charge in [-0.15, -0.1) is 0 Å². The van der Waals surface area contributed by atoms with Crippen LogP contribution in [0.25, 0.3) is 0 Å². The first-order chi connectivity index (χ1) is 9.38. The highest BCUT2D eigenvalue weighted by Crippen LogP contribution is 2.34. The fourth-order valence-electron chi connectivity index (χ4n) is 2.92. The largest absolute Gasteiger partial charge is 0.481 e. The zero-order chi connectivity index (χ0) is 14.8. The molecule has 1 unspecified atom stereocenters. The number of carboxylic acids is 1. The molecule has 0 aliphatic heterocycles. The molecule has 4 nitrogen and oxygen atoms in total. The van der Waals surface area contributed by atoms with Gasteiger partial charge in [-0.1, -0.05) is 37.8 Å². The molecule has 5 heteroatoms. The van der Waals surface area contributed by atoms with Crippen molar-refractivity contribution in [2.75, 3.05) is 6.26 Å². The van der Waals surface area contributed by atoms with E-state index < -0.39 is 21.7 Å². The number of hydrogen-bond acceptors (Lipinski definition) is 3. The van der Waals surface area contributed by atoms with E-state index in [1.807, 2.05) is 0 Å². The maximum atomic E-state index is 11.6. The summed E-state index contributed by atoms with van der Waals surface area (Å²) in [4.78, 5) is 11.7. The number of rotatable bonds is 5. The van der Waals surface area contributed by atoms with Gasteiger partial charge in [0.2, 0.25) is 0 Å². The summed E-state index contributed by atoms with van der Waals surface area (Å²) in [5, 5.41) is 9.43. The van der Waals surface area contributed by atoms with Crippen molar-refractivity contribution < 1.29 is 18.3 Å². The van der Waals surface area contributed by atoms with Gasteiger partial charge in [-0.05, 0) is 30.0 Å². The number of carbonyl (C=O) groups is 1. The van der Waals surface area contributed by atoms with Gasteiger partial charge < -0.3 is 5.11 Å². The van der Waals surface area contributed by atoms with Crippen LogP contribution in [0.15, 0.2) is 29.2 Å². The van der Waals surface area contributed by atoms with Crippen molar-refractivity contribution in [2.24, 2.45) is 5.92 Å². The molecule has 0 bridgehead atoms. The maximum Gasteiger partial charge on any atom is 0.310 e. The van der Waals surface area contributed by atoms with E-state index in [1.54, 1.807) is 12.1 Å². The monoisotopic (exact) mass is 296 g/mol. The van der Waals surface area contributed by atoms with Crippen LogP contribution in [-0.2, 0) is 14.6 Å². The van der Waals surface area contributed by atoms with E-state index in [0.29, 0.717) is 17.9 Å². The summed E-state index contributed by atoms with van der Waals surface area (Å²) in [5.74, 6) is -1.04. The lowest BCUT2D eigenvalue weighted by Crippen LogP contribution is -2.15. The first-order valence-corrected chi connectivity index (χ1v) is 8.80. The van der Waals surface area contributed by atoms with E-state index in [1.165, 1.54) is 25.0 Å². The molecule has 0 aromatic heterocycles. The zero-order valence-electron chi connectivity index (χ0n) is 11.6. The van der Waals surface area contributed by atoms with Gasteiger partial charge in [0.05, 0.1) is 10.8 Å². The minimum atomic E-state index is -3.30. The predicted molar refractivity (Wildman–Crippen MR) is 76.5 cm³/mol. The van der Waals surface area contributed by atoms with Crippen LogP contribution in [0.3, 0.4) is 0 Å². The molecule has 1 aromatic carbocycles. The molecule has 0 heterocycles. The Balaban J connectivity index is 2.27. The van der Waals surface area contributed by atoms with E-state index in [0.717, 1.165) is 19.1 Å². The molecule has 1 fully saturated rings. The minimum Gasteiger partial charge on any atom is -0.481 e. The van der Waals surface area contributed by atoms with Crippen molar-refractivity contribution >= 4 is 15.8 Å². The Kier molecular flexibility index (Phi) is 4.48. The SMILES string of the molecule is CS(=O)(=O)c1cccc(C(CC2CCCC2)C(=O)O)c1. The van der Waals surface area contributed by atoms with Gasteiger partial charge in [0.15, 0.2) is 9.84 Å². The maximum absolute atomic E-state index is 11.6. The Morgan fingerprint density at radius 2 is 2.00 bits per heavy atom. The van der Waals surface area contributed by atoms with E-state index in [9.17, 15) is 18.3 Å². The topological polar surface area (TPSA) is 71.4 Å². The molecule has 110 valence electrons. The Morgan fingerprint density at radius 3 is 2.55 bits per heavy atom. The van der Waals surface area contributed by atoms with E-state index in [-0.39, 0.29) is 4.90 Å². The lowest BCUT2D eigenvalue weighted by molar-refractivity contribution is -0.139. The van der Waals surface area contributed by atoms with Crippen LogP contribution < -0.4 is 0 Å². The second-order valence-corrected chi connectivity index (χ2v) is 7.64. The molecule has 1 aliphatic carbocycles. The highest BCUT2D eigenvalue weighted by Gasteiger charge is 2.26. The van der Waals surface area contributed by atoms with Gasteiger partial charge in [-0.25, -0.2) is 8.42 Å². The quantitative estimate of drug-likeness (QED) is 0.907. The Bertz CT molecular complexity index is 586. The van der Waals surface area contributed by atoms with Crippen LogP contribution in [0.4, 0.5) is 0 Å². The van der Waals surface area contributed by atoms with Crippen LogP contribution in [0.1, 0.15) is 43.6 Å². The summed E-state index contributed by atoms with van der Waals surface area (Å²) < 4.78 is 23.1. The smallest absolute Gasteiger partial charge is 0.310 e. The first-order valence-electron chi connectivity index (χ1n) is 6.91. The van der Waals surface area contributed by atoms with Gasteiger partial charge in [0, 0.05) is 6.26 Å². The van der Waals surface area contributed by atoms with Crippen molar-refractivity contribution in [1.29, 1.82) is 0 Å². The average molecular weight is 296 g/mol. The van der Waals surface area contributed by atoms with Gasteiger partial charge >= 0.3 is 5.97 Å². The Morgan fingerprint density at radius 1 is 1.35 bits per heavy atom. The molecule has 1 aromatic rings. The third kappa shape index (κ3) is 3.60. The molecule has 20 heavy (non-hydrogen) atoms. The lowest BCUT2D eigenvalue weighted by Gasteiger charge is -2.17. The highest BCUT2D eigenvalue weighted by molar-refractivity contribution is 7.90. The number of aliphatic carboxylic acids is 1. The van der Waals surface area contributed by atoms with Crippen molar-refractivity contribution in [3.8, 4) is 0 Å². The molecule has 1 N–H and O–H groups in total. The Hall–Kier alpha value is -1.36. The van der Waals surface area contributed by atoms with Gasteiger partial charge in [0.25, 0.3) is 0 Å². The summed E-state index contributed by atoms with van der Waals surface area (Å²) in [6.45, 7) is 0. The van der Waals surface area contributed by atoms with Gasteiger partial charge in [-0.3, -0.25) is 4.79 Å². The second kappa shape index (κ2) is 5.95. The fraction of sp³-hybridized carbons (Fsp3) is 0.533. The molecule has 0 saturated heterocycles. The molecular formula is C15H20O4S. The minimum absolute atomic E-state index is 0.188. The number of sulfone groups is 1. The number of hydrogen-bond donors (Lipinski definition) is 1. The predicted octanol–water partition coefficient (Wildman–Crippen LogP) is 2.84. The average Bonchev–Trinajstić information content (AvgIpc) is 2.87. The number of benzene rings is 1. The van der Waals surface area contributed by atoms with Crippen LogP contribution >= 0.6 is 0 Å². The first kappa shape index (κ1) is 15.0. The molecule has 2 rings (SSSR count). The van der Waals surface area contributed by atoms with Gasteiger partial charge in [-0.2, -0.15) is 0 Å². The zero-order valence-corrected chi connectivity index (χ0v) is 12.4. The molecule has 1 atom stereocenters. The summed E-state index contributed by atoms with van der Waals surface area (Å²) in [6, 6.07) is 6.34. The Labute approximate surface area is 119 Å². The van der Waals surface area contributed by atoms with Crippen LogP contribution in [0, 0.1) is 5.92 Å². The lowest BCUT2D eigenvalue weighted by atomic mass is 9.88. The van der Waals surface area contributed by atoms with Crippen LogP contribution in [0.2, 0.25) is 0 Å². The van der Waals surface area contributed by atoms with Crippen molar-refractivity contribution in [1.82, 2.24) is 0 Å². The number of carboxylic acid groups (broad SMARTS) is 1. The normalized spacial score (nSPS) is 18.1.